The van der Waals surface area contributed by atoms with Gasteiger partial charge in [-0.1, -0.05) is 19.3 Å². The van der Waals surface area contributed by atoms with E-state index in [9.17, 15) is 4.79 Å². The molecule has 2 fully saturated rings. The Labute approximate surface area is 91.0 Å². The molecule has 0 amide bonds. The predicted molar refractivity (Wildman–Crippen MR) is 61.6 cm³/mol. The number of ketones is 1. The Kier molecular flexibility index (Phi) is 3.91. The second kappa shape index (κ2) is 5.20. The Hall–Kier alpha value is 0.0200. The molecular formula is C12H20OS. The molecule has 1 heterocycles. The van der Waals surface area contributed by atoms with Crippen molar-refractivity contribution in [2.75, 3.05) is 11.5 Å². The molecule has 0 aromatic heterocycles. The van der Waals surface area contributed by atoms with E-state index in [0.717, 1.165) is 12.8 Å². The molecule has 0 spiro atoms. The van der Waals surface area contributed by atoms with E-state index in [2.05, 4.69) is 0 Å². The van der Waals surface area contributed by atoms with Crippen LogP contribution in [0.1, 0.15) is 44.9 Å². The van der Waals surface area contributed by atoms with E-state index in [-0.39, 0.29) is 0 Å². The Morgan fingerprint density at radius 1 is 0.857 bits per heavy atom. The minimum absolute atomic E-state index is 0.430. The van der Waals surface area contributed by atoms with Gasteiger partial charge in [-0.3, -0.25) is 4.79 Å². The van der Waals surface area contributed by atoms with Crippen LogP contribution in [0.2, 0.25) is 0 Å². The first-order valence-electron chi connectivity index (χ1n) is 5.99. The van der Waals surface area contributed by atoms with E-state index in [1.54, 1.807) is 0 Å². The lowest BCUT2D eigenvalue weighted by Crippen LogP contribution is -2.28. The highest BCUT2D eigenvalue weighted by Crippen LogP contribution is 2.31. The van der Waals surface area contributed by atoms with Gasteiger partial charge in [0.05, 0.1) is 0 Å². The SMILES string of the molecule is O=C(C1CCCCC1)C1CCSCC1. The Morgan fingerprint density at radius 2 is 1.43 bits per heavy atom. The summed E-state index contributed by atoms with van der Waals surface area (Å²) in [5.41, 5.74) is 0. The summed E-state index contributed by atoms with van der Waals surface area (Å²) in [7, 11) is 0. The molecule has 0 bridgehead atoms. The minimum atomic E-state index is 0.430. The van der Waals surface area contributed by atoms with Crippen molar-refractivity contribution in [3.8, 4) is 0 Å². The molecule has 2 heteroatoms. The lowest BCUT2D eigenvalue weighted by atomic mass is 9.80. The van der Waals surface area contributed by atoms with Crippen LogP contribution < -0.4 is 0 Å². The largest absolute Gasteiger partial charge is 0.299 e. The maximum absolute atomic E-state index is 12.1. The van der Waals surface area contributed by atoms with Gasteiger partial charge in [0, 0.05) is 11.8 Å². The second-order valence-corrected chi connectivity index (χ2v) is 5.85. The molecule has 1 aliphatic heterocycles. The van der Waals surface area contributed by atoms with Crippen LogP contribution in [0, 0.1) is 11.8 Å². The molecule has 1 saturated heterocycles. The maximum Gasteiger partial charge on any atom is 0.139 e. The fraction of sp³-hybridized carbons (Fsp3) is 0.917. The topological polar surface area (TPSA) is 17.1 Å². The van der Waals surface area contributed by atoms with Gasteiger partial charge in [0.25, 0.3) is 0 Å². The van der Waals surface area contributed by atoms with Gasteiger partial charge in [0.15, 0.2) is 0 Å². The van der Waals surface area contributed by atoms with Gasteiger partial charge in [0.1, 0.15) is 5.78 Å². The Bertz CT molecular complexity index is 170. The van der Waals surface area contributed by atoms with Crippen LogP contribution in [0.3, 0.4) is 0 Å². The Balaban J connectivity index is 1.85. The summed E-state index contributed by atoms with van der Waals surface area (Å²) in [6, 6.07) is 0. The predicted octanol–water partition coefficient (Wildman–Crippen LogP) is 3.28. The number of hydrogen-bond acceptors (Lipinski definition) is 2. The molecule has 2 aliphatic rings. The van der Waals surface area contributed by atoms with Crippen LogP contribution in [0.25, 0.3) is 0 Å². The third-order valence-corrected chi connectivity index (χ3v) is 4.68. The zero-order valence-corrected chi connectivity index (χ0v) is 9.65. The summed E-state index contributed by atoms with van der Waals surface area (Å²) < 4.78 is 0. The molecule has 80 valence electrons. The summed E-state index contributed by atoms with van der Waals surface area (Å²) in [6.45, 7) is 0. The monoisotopic (exact) mass is 212 g/mol. The van der Waals surface area contributed by atoms with Gasteiger partial charge in [-0.05, 0) is 37.2 Å². The second-order valence-electron chi connectivity index (χ2n) is 4.62. The molecule has 14 heavy (non-hydrogen) atoms. The summed E-state index contributed by atoms with van der Waals surface area (Å²) in [5.74, 6) is 3.91. The number of Topliss-reactive ketones (excluding diaryl/α,β-unsaturated/α-hetero) is 1. The third-order valence-electron chi connectivity index (χ3n) is 3.63. The fourth-order valence-electron chi connectivity index (χ4n) is 2.70. The van der Waals surface area contributed by atoms with Crippen molar-refractivity contribution < 1.29 is 4.79 Å². The molecule has 0 N–H and O–H groups in total. The van der Waals surface area contributed by atoms with Crippen LogP contribution in [0.5, 0.6) is 0 Å². The number of thioether (sulfide) groups is 1. The van der Waals surface area contributed by atoms with Crippen LogP contribution in [0.15, 0.2) is 0 Å². The van der Waals surface area contributed by atoms with Gasteiger partial charge in [0.2, 0.25) is 0 Å². The number of carbonyl (C=O) groups is 1. The first-order chi connectivity index (χ1) is 6.88. The molecule has 0 aromatic carbocycles. The molecule has 1 aliphatic carbocycles. The summed E-state index contributed by atoms with van der Waals surface area (Å²) in [6.07, 6.45) is 8.60. The molecule has 1 saturated carbocycles. The minimum Gasteiger partial charge on any atom is -0.299 e. The Morgan fingerprint density at radius 3 is 2.07 bits per heavy atom. The lowest BCUT2D eigenvalue weighted by Gasteiger charge is -2.27. The highest BCUT2D eigenvalue weighted by atomic mass is 32.2. The molecule has 0 unspecified atom stereocenters. The molecule has 0 atom stereocenters. The average Bonchev–Trinajstić information content (AvgIpc) is 2.30. The molecule has 0 radical (unpaired) electrons. The number of carbonyl (C=O) groups excluding carboxylic acids is 1. The highest BCUT2D eigenvalue weighted by molar-refractivity contribution is 7.99. The highest BCUT2D eigenvalue weighted by Gasteiger charge is 2.28. The van der Waals surface area contributed by atoms with Gasteiger partial charge in [-0.2, -0.15) is 11.8 Å². The van der Waals surface area contributed by atoms with E-state index in [4.69, 9.17) is 0 Å². The van der Waals surface area contributed by atoms with Crippen LogP contribution in [0.4, 0.5) is 0 Å². The summed E-state index contributed by atoms with van der Waals surface area (Å²) >= 11 is 2.01. The van der Waals surface area contributed by atoms with Gasteiger partial charge < -0.3 is 0 Å². The van der Waals surface area contributed by atoms with Gasteiger partial charge >= 0.3 is 0 Å². The molecule has 0 aromatic rings. The first-order valence-corrected chi connectivity index (χ1v) is 7.15. The smallest absolute Gasteiger partial charge is 0.139 e. The zero-order valence-electron chi connectivity index (χ0n) is 8.84. The van der Waals surface area contributed by atoms with Crippen molar-refractivity contribution in [3.63, 3.8) is 0 Å². The molecule has 1 nitrogen and oxygen atoms in total. The first kappa shape index (κ1) is 10.5. The van der Waals surface area contributed by atoms with Crippen LogP contribution in [-0.4, -0.2) is 17.3 Å². The summed E-state index contributed by atoms with van der Waals surface area (Å²) in [4.78, 5) is 12.1. The van der Waals surface area contributed by atoms with Crippen molar-refractivity contribution in [1.29, 1.82) is 0 Å². The summed E-state index contributed by atoms with van der Waals surface area (Å²) in [5, 5.41) is 0. The molecule has 2 rings (SSSR count). The standard InChI is InChI=1S/C12H20OS/c13-12(10-4-2-1-3-5-10)11-6-8-14-9-7-11/h10-11H,1-9H2. The van der Waals surface area contributed by atoms with Crippen molar-refractivity contribution in [2.45, 2.75) is 44.9 Å². The molecular weight excluding hydrogens is 192 g/mol. The third kappa shape index (κ3) is 2.53. The van der Waals surface area contributed by atoms with E-state index in [1.165, 1.54) is 43.6 Å². The fourth-order valence-corrected chi connectivity index (χ4v) is 3.81. The van der Waals surface area contributed by atoms with E-state index >= 15 is 0 Å². The zero-order chi connectivity index (χ0) is 9.80. The van der Waals surface area contributed by atoms with Gasteiger partial charge in [-0.25, -0.2) is 0 Å². The van der Waals surface area contributed by atoms with Crippen molar-refractivity contribution in [3.05, 3.63) is 0 Å². The van der Waals surface area contributed by atoms with Crippen molar-refractivity contribution in [2.24, 2.45) is 11.8 Å². The van der Waals surface area contributed by atoms with E-state index in [1.807, 2.05) is 11.8 Å². The number of rotatable bonds is 2. The lowest BCUT2D eigenvalue weighted by molar-refractivity contribution is -0.128. The quantitative estimate of drug-likeness (QED) is 0.698. The van der Waals surface area contributed by atoms with Crippen LogP contribution in [-0.2, 0) is 4.79 Å². The van der Waals surface area contributed by atoms with Gasteiger partial charge in [-0.15, -0.1) is 0 Å². The van der Waals surface area contributed by atoms with E-state index in [0.29, 0.717) is 17.6 Å². The average molecular weight is 212 g/mol. The normalized spacial score (nSPS) is 26.3. The van der Waals surface area contributed by atoms with Crippen molar-refractivity contribution >= 4 is 17.5 Å². The van der Waals surface area contributed by atoms with E-state index < -0.39 is 0 Å². The van der Waals surface area contributed by atoms with Crippen molar-refractivity contribution in [1.82, 2.24) is 0 Å². The number of hydrogen-bond donors (Lipinski definition) is 0. The maximum atomic E-state index is 12.1. The van der Waals surface area contributed by atoms with Crippen LogP contribution >= 0.6 is 11.8 Å².